The van der Waals surface area contributed by atoms with Gasteiger partial charge in [-0.25, -0.2) is 42.0 Å². The third-order valence-electron chi connectivity index (χ3n) is 26.9. The summed E-state index contributed by atoms with van der Waals surface area (Å²) >= 11 is 12.3. The van der Waals surface area contributed by atoms with E-state index in [0.717, 1.165) is 187 Å². The van der Waals surface area contributed by atoms with Gasteiger partial charge in [0, 0.05) is 79.5 Å². The van der Waals surface area contributed by atoms with Gasteiger partial charge in [-0.2, -0.15) is 27.3 Å². The van der Waals surface area contributed by atoms with E-state index < -0.39 is 117 Å². The van der Waals surface area contributed by atoms with E-state index in [1.165, 1.54) is 49.3 Å². The largest absolute Gasteiger partial charge is 0.460 e. The molecule has 148 heavy (non-hydrogen) atoms. The summed E-state index contributed by atoms with van der Waals surface area (Å²) in [4.78, 5) is 64.2. The van der Waals surface area contributed by atoms with Crippen molar-refractivity contribution in [2.75, 3.05) is 113 Å². The molecule has 1 aliphatic rings. The molecule has 4 N–H and O–H groups in total. The third-order valence-corrected chi connectivity index (χ3v) is 40.8. The number of aromatic nitrogens is 3. The number of carbonyl (C=O) groups is 4. The Hall–Kier alpha value is -4.57. The van der Waals surface area contributed by atoms with Crippen molar-refractivity contribution in [2.24, 2.45) is 17.8 Å². The number of aliphatic hydroxyl groups excluding tert-OH is 1. The number of nitrogens with zero attached hydrogens (tertiary/aromatic N) is 5. The number of ether oxygens (including phenoxy) is 12. The Morgan fingerprint density at radius 1 is 0.514 bits per heavy atom. The highest BCUT2D eigenvalue weighted by atomic mass is 35.6. The number of hydroxylamine groups is 4. The average molecular weight is 2220 g/mol. The zero-order chi connectivity index (χ0) is 112. The van der Waals surface area contributed by atoms with E-state index in [2.05, 4.69) is 119 Å². The van der Waals surface area contributed by atoms with E-state index >= 15 is 0 Å². The number of nitrogen functional groups attached to an aromatic ring is 1. The molecule has 3 heterocycles. The van der Waals surface area contributed by atoms with Crippen molar-refractivity contribution in [3.05, 3.63) is 95.9 Å². The standard InChI is InChI=1S/C25H53NO6Si.C24H48F2O5Si.C22H28F2N4O2.C19H39NO6.C14H18O3.C6H16Cl2Si2/c1-9-15-18-29-21-22(32-33(12-4,13-5)14-6)23(30-19-16-10-2)24(31-20-17-11-3)25(27)26(7)28-8;1-7-13-16-28-19-20(31-32(10-4,11-5)12-6)22(29-17-14-8-2)23(21(27)24(25)26)30-18-15-9-3;1-4-14(2)15(3)19(30-12-16-8-6-5-7-9-16)22(29,21(23)24)18-11-10-17-20(25)26-13-27-28(17)18;1-6-9-12-24-15-16(21)17(25-13-10-7-2)18(26-14-11-8-3)19(22)20(4)23-5;1-3-12-10(2)13(14(15)17-12)16-9-11-7-5-4-6-8-11;1-9(2,7)5-6-10(3,4)8/h22-24H,9-21H2,1-8H3;20,22-24H,7-19H2,1-6H3;5-11,13-15,19,21,29H,4,12H2,1-3H3,(H2,25,26,27);16-18,21H,6-15H2,1-5H3;4-8,10,12-13H,3,9H2,1-2H3;5-6H2,1-4H3/t22-,23-,24-;20-,22-,23+;14-,15?,19+,22?;16-,17-,18-;10?,12-,13+;/m11111./s1. The first-order valence-corrected chi connectivity index (χ1v) is 68.9. The van der Waals surface area contributed by atoms with Crippen molar-refractivity contribution in [2.45, 2.75) is 446 Å². The summed E-state index contributed by atoms with van der Waals surface area (Å²) in [6, 6.07) is 30.2. The number of carbonyl (C=O) groups excluding carboxylic acids is 4. The van der Waals surface area contributed by atoms with Crippen molar-refractivity contribution in [1.29, 1.82) is 0 Å². The van der Waals surface area contributed by atoms with Gasteiger partial charge >= 0.3 is 5.97 Å². The number of alkyl halides is 4. The highest BCUT2D eigenvalue weighted by Crippen LogP contribution is 2.42. The number of aliphatic hydroxyl groups is 2. The van der Waals surface area contributed by atoms with E-state index in [1.807, 2.05) is 116 Å². The van der Waals surface area contributed by atoms with Crippen LogP contribution in [-0.2, 0) is 113 Å². The van der Waals surface area contributed by atoms with Crippen molar-refractivity contribution in [3.8, 4) is 0 Å². The first-order valence-electron chi connectivity index (χ1n) is 55.4. The van der Waals surface area contributed by atoms with Gasteiger partial charge < -0.3 is 81.6 Å². The fourth-order valence-corrected chi connectivity index (χ4v) is 28.1. The summed E-state index contributed by atoms with van der Waals surface area (Å²) in [5, 5.41) is 28.5. The number of fused-ring (bicyclic) bond motifs is 1. The van der Waals surface area contributed by atoms with Gasteiger partial charge in [-0.05, 0) is 148 Å². The van der Waals surface area contributed by atoms with Gasteiger partial charge in [0.2, 0.25) is 5.78 Å². The fraction of sp³-hybridized carbons (Fsp3) is 0.800. The number of hydrogen-bond donors (Lipinski definition) is 3. The predicted molar refractivity (Wildman–Crippen MR) is 597 cm³/mol. The van der Waals surface area contributed by atoms with E-state index in [1.54, 1.807) is 7.05 Å². The van der Waals surface area contributed by atoms with Crippen LogP contribution in [0.5, 0.6) is 0 Å². The minimum absolute atomic E-state index is 0.00303. The normalized spacial score (nSPS) is 16.8. The molecule has 0 saturated carbocycles. The monoisotopic (exact) mass is 2220 g/mol. The lowest BCUT2D eigenvalue weighted by Gasteiger charge is -2.40. The summed E-state index contributed by atoms with van der Waals surface area (Å²) in [6.07, 6.45) is 4.07. The smallest absolute Gasteiger partial charge is 0.335 e. The molecule has 4 aromatic rings. The SMILES string of the molecule is CCCCOC[C@@H](O)[C@@H](OCCCC)[C@@H](OCCCC)C(=O)N(C)OC.CCCCOC[C@@H](O[Si](CC)(CC)CC)[C@@H](OCCCC)[C@@H](OCCCC)C(=O)C(F)F.CCCCOC[C@@H](O[Si](CC)(CC)CC)[C@@H](OCCCC)[C@@H](OCCCC)C(=O)N(C)OC.CC[C@@H](C)C(C)[C@H](OCc1ccccc1)C(O)(c1ccc2c(N)ncnn12)C(F)F.CC[C@H]1OC(=O)[C@@H](OCc2ccccc2)C1C.C[Si](C)(Cl)CC[Si](C)(C)Cl. The Bertz CT molecular complexity index is 3920. The Morgan fingerprint density at radius 3 is 1.24 bits per heavy atom. The lowest BCUT2D eigenvalue weighted by Crippen LogP contribution is -2.55. The maximum absolute atomic E-state index is 14.6. The van der Waals surface area contributed by atoms with Gasteiger partial charge in [0.1, 0.15) is 63.2 Å². The second kappa shape index (κ2) is 82.9. The van der Waals surface area contributed by atoms with Gasteiger partial charge in [-0.3, -0.25) is 24.1 Å². The number of rotatable bonds is 77. The zero-order valence-corrected chi connectivity index (χ0v) is 102. The van der Waals surface area contributed by atoms with E-state index in [9.17, 15) is 47.0 Å². The number of likely N-dealkylation sites (N-methyl/N-ethyl adjacent to an activating group) is 2. The van der Waals surface area contributed by atoms with Gasteiger partial charge in [0.15, 0.2) is 52.5 Å². The number of esters is 1. The quantitative estimate of drug-likeness (QED) is 0.00923. The summed E-state index contributed by atoms with van der Waals surface area (Å²) in [6.45, 7) is 55.7. The van der Waals surface area contributed by atoms with Gasteiger partial charge in [0.05, 0.1) is 65.2 Å². The molecule has 3 unspecified atom stereocenters. The van der Waals surface area contributed by atoms with Crippen LogP contribution >= 0.6 is 22.2 Å². The summed E-state index contributed by atoms with van der Waals surface area (Å²) in [7, 11) is -0.765. The molecule has 1 saturated heterocycles. The lowest BCUT2D eigenvalue weighted by molar-refractivity contribution is -0.212. The molecular formula is C110H202Cl2F4N6O22Si4. The van der Waals surface area contributed by atoms with Crippen LogP contribution in [0.2, 0.25) is 74.5 Å². The van der Waals surface area contributed by atoms with Crippen LogP contribution in [-0.4, -0.2) is 284 Å². The number of Topliss-reactive ketones (excluding diaryl/α,β-unsaturated/α-hetero) is 1. The van der Waals surface area contributed by atoms with Crippen LogP contribution in [0.3, 0.4) is 0 Å². The van der Waals surface area contributed by atoms with Gasteiger partial charge in [-0.15, -0.1) is 0 Å². The molecular weight excluding hydrogens is 2020 g/mol. The number of unbranched alkanes of at least 4 members (excludes halogenated alkanes) is 9. The number of cyclic esters (lactones) is 1. The van der Waals surface area contributed by atoms with Crippen LogP contribution < -0.4 is 5.73 Å². The Morgan fingerprint density at radius 2 is 0.878 bits per heavy atom. The predicted octanol–water partition coefficient (Wildman–Crippen LogP) is 25.0. The molecule has 0 spiro atoms. The second-order valence-electron chi connectivity index (χ2n) is 39.5. The molecule has 2 aromatic heterocycles. The van der Waals surface area contributed by atoms with Gasteiger partial charge in [0.25, 0.3) is 24.7 Å². The van der Waals surface area contributed by atoms with Crippen LogP contribution in [0.1, 0.15) is 284 Å². The molecule has 5 rings (SSSR count). The van der Waals surface area contributed by atoms with Crippen molar-refractivity contribution in [3.63, 3.8) is 0 Å². The molecule has 38 heteroatoms. The van der Waals surface area contributed by atoms with E-state index in [0.29, 0.717) is 78.0 Å². The topological polar surface area (TPSA) is 319 Å². The number of anilines is 1. The van der Waals surface area contributed by atoms with E-state index in [-0.39, 0.29) is 85.7 Å². The molecule has 28 nitrogen and oxygen atoms in total. The lowest BCUT2D eigenvalue weighted by atomic mass is 9.78. The third kappa shape index (κ3) is 54.9. The maximum atomic E-state index is 14.6. The Labute approximate surface area is 903 Å². The molecule has 862 valence electrons. The minimum Gasteiger partial charge on any atom is -0.460 e. The number of ketones is 1. The average Bonchev–Trinajstić information content (AvgIpc) is 1.56. The van der Waals surface area contributed by atoms with Crippen molar-refractivity contribution in [1.82, 2.24) is 24.7 Å². The number of halogens is 6. The maximum Gasteiger partial charge on any atom is 0.335 e. The summed E-state index contributed by atoms with van der Waals surface area (Å²) in [5.74, 6) is -2.13. The summed E-state index contributed by atoms with van der Waals surface area (Å²) in [5.41, 5.74) is 5.45. The van der Waals surface area contributed by atoms with Gasteiger partial charge in [-0.1, -0.05) is 290 Å². The minimum atomic E-state index is -3.12. The molecule has 2 aromatic carbocycles. The molecule has 0 bridgehead atoms. The number of nitrogens with two attached hydrogens (primary N) is 1. The molecule has 0 aliphatic carbocycles. The van der Waals surface area contributed by atoms with Crippen LogP contribution in [0.4, 0.5) is 23.4 Å². The number of amides is 2. The number of hydrogen-bond acceptors (Lipinski definition) is 25. The first kappa shape index (κ1) is 143. The van der Waals surface area contributed by atoms with E-state index in [4.69, 9.17) is 103 Å². The second-order valence-corrected chi connectivity index (χ2v) is 63.0. The zero-order valence-electron chi connectivity index (χ0n) is 96.2. The molecule has 1 fully saturated rings. The fourth-order valence-electron chi connectivity index (χ4n) is 15.9. The van der Waals surface area contributed by atoms with Crippen LogP contribution in [0, 0.1) is 17.8 Å². The molecule has 2 amide bonds. The van der Waals surface area contributed by atoms with Crippen LogP contribution in [0.15, 0.2) is 79.1 Å². The summed E-state index contributed by atoms with van der Waals surface area (Å²) < 4.78 is 141. The highest BCUT2D eigenvalue weighted by molar-refractivity contribution is 7.22. The number of benzene rings is 2. The molecule has 1 aliphatic heterocycles. The van der Waals surface area contributed by atoms with Crippen molar-refractivity contribution >= 4 is 88.5 Å². The molecule has 16 atom stereocenters. The molecule has 0 radical (unpaired) electrons. The first-order chi connectivity index (χ1) is 70.5. The highest BCUT2D eigenvalue weighted by Gasteiger charge is 2.54. The Balaban J connectivity index is 0.00000180. The van der Waals surface area contributed by atoms with Crippen LogP contribution in [0.25, 0.3) is 5.52 Å². The van der Waals surface area contributed by atoms with Crippen molar-refractivity contribution < 1.29 is 122 Å². The Kier molecular flexibility index (Phi) is 80.3.